The molecule has 1 aliphatic heterocycles. The number of allylic oxidation sites excluding steroid dienone is 1. The highest BCUT2D eigenvalue weighted by Gasteiger charge is 2.55. The summed E-state index contributed by atoms with van der Waals surface area (Å²) < 4.78 is 81.3. The Bertz CT molecular complexity index is 1540. The Morgan fingerprint density at radius 2 is 1.51 bits per heavy atom. The molecule has 2 amide bonds. The van der Waals surface area contributed by atoms with Crippen molar-refractivity contribution in [2.24, 2.45) is 17.8 Å². The van der Waals surface area contributed by atoms with E-state index in [0.29, 0.717) is 36.1 Å². The third-order valence-electron chi connectivity index (χ3n) is 8.96. The van der Waals surface area contributed by atoms with Gasteiger partial charge in [-0.3, -0.25) is 9.59 Å². The molecule has 2 aromatic rings. The van der Waals surface area contributed by atoms with Gasteiger partial charge >= 0.3 is 12.4 Å². The first kappa shape index (κ1) is 36.2. The second-order valence-electron chi connectivity index (χ2n) is 12.2. The Morgan fingerprint density at radius 1 is 0.936 bits per heavy atom. The number of anilines is 1. The summed E-state index contributed by atoms with van der Waals surface area (Å²) in [5.74, 6) is -5.85. The molecule has 2 aliphatic rings. The highest BCUT2D eigenvalue weighted by atomic mass is 19.4. The first-order chi connectivity index (χ1) is 21.9. The van der Waals surface area contributed by atoms with Crippen LogP contribution in [-0.4, -0.2) is 51.6 Å². The number of carbonyl (C=O) groups excluding carboxylic acids is 2. The van der Waals surface area contributed by atoms with Gasteiger partial charge in [-0.2, -0.15) is 26.3 Å². The van der Waals surface area contributed by atoms with E-state index in [9.17, 15) is 56.4 Å². The van der Waals surface area contributed by atoms with E-state index in [1.165, 1.54) is 0 Å². The van der Waals surface area contributed by atoms with Gasteiger partial charge in [-0.15, -0.1) is 0 Å². The lowest BCUT2D eigenvalue weighted by Gasteiger charge is -2.36. The summed E-state index contributed by atoms with van der Waals surface area (Å²) in [4.78, 5) is 27.4. The monoisotopic (exact) mass is 669 g/mol. The lowest BCUT2D eigenvalue weighted by molar-refractivity contribution is -0.143. The molecule has 4 atom stereocenters. The largest absolute Gasteiger partial charge is 0.507 e. The van der Waals surface area contributed by atoms with Gasteiger partial charge in [0.25, 0.3) is 0 Å². The normalized spacial score (nSPS) is 21.5. The number of aromatic hydroxyl groups is 1. The predicted molar refractivity (Wildman–Crippen MR) is 161 cm³/mol. The summed E-state index contributed by atoms with van der Waals surface area (Å²) >= 11 is 0. The zero-order valence-electron chi connectivity index (χ0n) is 26.0. The molecular weight excluding hydrogens is 632 g/mol. The number of aryl methyl sites for hydroxylation is 2. The SMILES string of the molecule is CCC/C(=C\c1cc(C)c(O)c(C)c1)CC[C@@H](O)C1=C(CO)C[C@H]2C(=O)N(c3cc(C(F)(F)F)cc(C(F)(F)F)c3)C(=O)[C@H]2[C@H]1CO. The van der Waals surface area contributed by atoms with Crippen LogP contribution >= 0.6 is 0 Å². The second kappa shape index (κ2) is 13.8. The van der Waals surface area contributed by atoms with Crippen LogP contribution in [0.5, 0.6) is 5.75 Å². The maximum Gasteiger partial charge on any atom is 0.416 e. The molecule has 0 bridgehead atoms. The fraction of sp³-hybridized carbons (Fsp3) is 0.471. The second-order valence-corrected chi connectivity index (χ2v) is 12.2. The van der Waals surface area contributed by atoms with Gasteiger partial charge in [0.05, 0.1) is 48.0 Å². The average molecular weight is 670 g/mol. The standard InChI is InChI=1S/C34H37F6NO6/c1-4-5-19(10-20-8-17(2)30(45)18(3)9-20)6-7-27(44)28-21(15-42)11-25-29(26(28)16-43)32(47)41(31(25)46)24-13-22(33(35,36)37)12-23(14-24)34(38,39)40/h8-10,12-14,25-27,29,42-45H,4-7,11,15-16H2,1-3H3/b19-10+/t25-,26+,27-,29-/m1/s1. The number of aliphatic hydroxyl groups excluding tert-OH is 3. The maximum atomic E-state index is 13.7. The van der Waals surface area contributed by atoms with Gasteiger partial charge < -0.3 is 20.4 Å². The first-order valence-electron chi connectivity index (χ1n) is 15.2. The number of benzene rings is 2. The van der Waals surface area contributed by atoms with E-state index in [4.69, 9.17) is 0 Å². The Hall–Kier alpha value is -3.68. The zero-order valence-corrected chi connectivity index (χ0v) is 26.0. The van der Waals surface area contributed by atoms with Crippen LogP contribution in [0.3, 0.4) is 0 Å². The van der Waals surface area contributed by atoms with E-state index in [1.54, 1.807) is 13.8 Å². The molecular formula is C34H37F6NO6. The van der Waals surface area contributed by atoms with Crippen molar-refractivity contribution in [1.29, 1.82) is 0 Å². The van der Waals surface area contributed by atoms with Gasteiger partial charge in [-0.1, -0.05) is 25.0 Å². The van der Waals surface area contributed by atoms with E-state index >= 15 is 0 Å². The molecule has 0 spiro atoms. The van der Waals surface area contributed by atoms with Crippen molar-refractivity contribution in [3.05, 3.63) is 74.9 Å². The van der Waals surface area contributed by atoms with Crippen LogP contribution in [0.1, 0.15) is 66.8 Å². The molecule has 256 valence electrons. The molecule has 2 aromatic carbocycles. The number of phenolic OH excluding ortho intramolecular Hbond substituents is 1. The topological polar surface area (TPSA) is 118 Å². The molecule has 1 saturated heterocycles. The fourth-order valence-corrected chi connectivity index (χ4v) is 6.80. The summed E-state index contributed by atoms with van der Waals surface area (Å²) in [6, 6.07) is 4.13. The molecule has 7 nitrogen and oxygen atoms in total. The minimum absolute atomic E-state index is 0.100. The minimum atomic E-state index is -5.21. The van der Waals surface area contributed by atoms with E-state index in [2.05, 4.69) is 0 Å². The number of aliphatic hydroxyl groups is 3. The van der Waals surface area contributed by atoms with Crippen LogP contribution in [0, 0.1) is 31.6 Å². The molecule has 47 heavy (non-hydrogen) atoms. The summed E-state index contributed by atoms with van der Waals surface area (Å²) in [7, 11) is 0. The Labute approximate surface area is 267 Å². The average Bonchev–Trinajstić information content (AvgIpc) is 3.25. The fourth-order valence-electron chi connectivity index (χ4n) is 6.80. The smallest absolute Gasteiger partial charge is 0.416 e. The molecule has 13 heteroatoms. The summed E-state index contributed by atoms with van der Waals surface area (Å²) in [6.45, 7) is 4.10. The molecule has 4 N–H and O–H groups in total. The van der Waals surface area contributed by atoms with E-state index in [-0.39, 0.29) is 40.7 Å². The van der Waals surface area contributed by atoms with Crippen molar-refractivity contribution in [3.8, 4) is 5.75 Å². The van der Waals surface area contributed by atoms with Crippen LogP contribution in [0.4, 0.5) is 32.0 Å². The van der Waals surface area contributed by atoms with Gasteiger partial charge in [-0.05, 0) is 97.7 Å². The van der Waals surface area contributed by atoms with Gasteiger partial charge in [-0.25, -0.2) is 4.90 Å². The van der Waals surface area contributed by atoms with Gasteiger partial charge in [0.2, 0.25) is 11.8 Å². The van der Waals surface area contributed by atoms with Crippen LogP contribution in [0.15, 0.2) is 47.1 Å². The highest BCUT2D eigenvalue weighted by Crippen LogP contribution is 2.48. The molecule has 1 fully saturated rings. The van der Waals surface area contributed by atoms with Crippen molar-refractivity contribution >= 4 is 23.6 Å². The third-order valence-corrected chi connectivity index (χ3v) is 8.96. The molecule has 0 aromatic heterocycles. The minimum Gasteiger partial charge on any atom is -0.507 e. The first-order valence-corrected chi connectivity index (χ1v) is 15.2. The van der Waals surface area contributed by atoms with Gasteiger partial charge in [0.1, 0.15) is 5.75 Å². The van der Waals surface area contributed by atoms with Crippen LogP contribution in [0.25, 0.3) is 6.08 Å². The molecule has 4 rings (SSSR count). The Balaban J connectivity index is 1.66. The number of amides is 2. The number of rotatable bonds is 10. The van der Waals surface area contributed by atoms with Crippen LogP contribution in [0.2, 0.25) is 0 Å². The van der Waals surface area contributed by atoms with Crippen molar-refractivity contribution in [2.75, 3.05) is 18.1 Å². The van der Waals surface area contributed by atoms with Gasteiger partial charge in [0, 0.05) is 5.92 Å². The summed E-state index contributed by atoms with van der Waals surface area (Å²) in [5, 5.41) is 42.2. The third kappa shape index (κ3) is 7.42. The lowest BCUT2D eigenvalue weighted by Crippen LogP contribution is -2.39. The lowest BCUT2D eigenvalue weighted by atomic mass is 9.68. The molecule has 0 unspecified atom stereocenters. The number of hydrogen-bond acceptors (Lipinski definition) is 6. The van der Waals surface area contributed by atoms with E-state index in [1.807, 2.05) is 25.1 Å². The predicted octanol–water partition coefficient (Wildman–Crippen LogP) is 6.48. The quantitative estimate of drug-likeness (QED) is 0.131. The Morgan fingerprint density at radius 3 is 2.00 bits per heavy atom. The van der Waals surface area contributed by atoms with Crippen molar-refractivity contribution in [1.82, 2.24) is 0 Å². The number of alkyl halides is 6. The van der Waals surface area contributed by atoms with Crippen molar-refractivity contribution < 1.29 is 56.4 Å². The number of halogens is 6. The number of hydrogen-bond donors (Lipinski definition) is 4. The molecule has 1 heterocycles. The molecule has 0 radical (unpaired) electrons. The summed E-state index contributed by atoms with van der Waals surface area (Å²) in [5.41, 5.74) is -0.814. The Kier molecular flexibility index (Phi) is 10.6. The van der Waals surface area contributed by atoms with Crippen molar-refractivity contribution in [2.45, 2.75) is 71.3 Å². The van der Waals surface area contributed by atoms with E-state index in [0.717, 1.165) is 17.6 Å². The number of fused-ring (bicyclic) bond motifs is 1. The van der Waals surface area contributed by atoms with Gasteiger partial charge in [0.15, 0.2) is 0 Å². The van der Waals surface area contributed by atoms with Crippen LogP contribution < -0.4 is 4.90 Å². The number of imide groups is 1. The highest BCUT2D eigenvalue weighted by molar-refractivity contribution is 6.22. The molecule has 0 saturated carbocycles. The number of nitrogens with zero attached hydrogens (tertiary/aromatic N) is 1. The maximum absolute atomic E-state index is 13.7. The molecule has 1 aliphatic carbocycles. The number of phenols is 1. The zero-order chi connectivity index (χ0) is 35.0. The van der Waals surface area contributed by atoms with Crippen molar-refractivity contribution in [3.63, 3.8) is 0 Å². The van der Waals surface area contributed by atoms with E-state index < -0.39 is 78.1 Å². The number of carbonyl (C=O) groups is 2. The van der Waals surface area contributed by atoms with Crippen LogP contribution in [-0.2, 0) is 21.9 Å². The summed E-state index contributed by atoms with van der Waals surface area (Å²) in [6.07, 6.45) is -8.13.